The monoisotopic (exact) mass is 377 g/mol. The summed E-state index contributed by atoms with van der Waals surface area (Å²) in [5.41, 5.74) is 3.62. The van der Waals surface area contributed by atoms with E-state index in [1.54, 1.807) is 12.1 Å². The predicted octanol–water partition coefficient (Wildman–Crippen LogP) is 3.96. The first-order valence-corrected chi connectivity index (χ1v) is 10.2. The molecular weight excluding hydrogens is 350 g/mol. The lowest BCUT2D eigenvalue weighted by Crippen LogP contribution is -2.29. The van der Waals surface area contributed by atoms with Gasteiger partial charge in [-0.25, -0.2) is 0 Å². The second-order valence-corrected chi connectivity index (χ2v) is 7.74. The van der Waals surface area contributed by atoms with Crippen LogP contribution in [0.2, 0.25) is 0 Å². The largest absolute Gasteiger partial charge is 0.372 e. The summed E-state index contributed by atoms with van der Waals surface area (Å²) < 4.78 is 0. The molecule has 2 aromatic rings. The van der Waals surface area contributed by atoms with Crippen molar-refractivity contribution in [2.75, 3.05) is 23.3 Å². The third-order valence-electron chi connectivity index (χ3n) is 5.48. The highest BCUT2D eigenvalue weighted by Crippen LogP contribution is 2.28. The molecule has 0 bridgehead atoms. The fourth-order valence-corrected chi connectivity index (χ4v) is 3.56. The molecule has 5 heteroatoms. The van der Waals surface area contributed by atoms with Crippen LogP contribution in [0.25, 0.3) is 0 Å². The molecule has 146 valence electrons. The van der Waals surface area contributed by atoms with Crippen LogP contribution in [-0.2, 0) is 11.3 Å². The molecule has 0 atom stereocenters. The third kappa shape index (κ3) is 4.71. The second-order valence-electron chi connectivity index (χ2n) is 7.74. The molecule has 1 aliphatic heterocycles. The summed E-state index contributed by atoms with van der Waals surface area (Å²) in [6.45, 7) is 2.73. The van der Waals surface area contributed by atoms with E-state index >= 15 is 0 Å². The van der Waals surface area contributed by atoms with Gasteiger partial charge in [0.15, 0.2) is 0 Å². The minimum Gasteiger partial charge on any atom is -0.372 e. The van der Waals surface area contributed by atoms with Crippen LogP contribution in [0.3, 0.4) is 0 Å². The highest BCUT2D eigenvalue weighted by molar-refractivity contribution is 6.04. The van der Waals surface area contributed by atoms with Gasteiger partial charge in [0, 0.05) is 42.5 Å². The van der Waals surface area contributed by atoms with Crippen molar-refractivity contribution in [2.45, 2.75) is 38.6 Å². The van der Waals surface area contributed by atoms with E-state index in [4.69, 9.17) is 0 Å². The fourth-order valence-electron chi connectivity index (χ4n) is 3.56. The molecular formula is C23H27N3O2. The maximum Gasteiger partial charge on any atom is 0.255 e. The minimum atomic E-state index is -0.126. The van der Waals surface area contributed by atoms with E-state index in [2.05, 4.69) is 27.7 Å². The van der Waals surface area contributed by atoms with Crippen LogP contribution < -0.4 is 15.5 Å². The van der Waals surface area contributed by atoms with E-state index in [0.717, 1.165) is 37.2 Å². The van der Waals surface area contributed by atoms with Crippen molar-refractivity contribution >= 4 is 23.2 Å². The Kier molecular flexibility index (Phi) is 5.60. The molecule has 1 heterocycles. The van der Waals surface area contributed by atoms with Crippen LogP contribution in [0.4, 0.5) is 11.4 Å². The number of amides is 2. The maximum absolute atomic E-state index is 12.5. The number of rotatable bonds is 6. The van der Waals surface area contributed by atoms with Crippen LogP contribution in [0.5, 0.6) is 0 Å². The average Bonchev–Trinajstić information content (AvgIpc) is 3.59. The Hall–Kier alpha value is -2.82. The van der Waals surface area contributed by atoms with Gasteiger partial charge >= 0.3 is 0 Å². The van der Waals surface area contributed by atoms with Gasteiger partial charge in [0.1, 0.15) is 0 Å². The van der Waals surface area contributed by atoms with Gasteiger partial charge in [0.2, 0.25) is 5.91 Å². The standard InChI is InChI=1S/C23H27N3O2/c27-22(18-8-9-18)24-16-17-4-6-19(7-5-17)23(28)25-20-10-12-21(13-11-20)26-14-2-1-3-15-26/h4-7,10-13,18H,1-3,8-9,14-16H2,(H,24,27)(H,25,28). The lowest BCUT2D eigenvalue weighted by Gasteiger charge is -2.28. The lowest BCUT2D eigenvalue weighted by molar-refractivity contribution is -0.122. The molecule has 2 aromatic carbocycles. The van der Waals surface area contributed by atoms with E-state index in [0.29, 0.717) is 12.1 Å². The Balaban J connectivity index is 1.30. The molecule has 1 saturated carbocycles. The summed E-state index contributed by atoms with van der Waals surface area (Å²) in [5.74, 6) is 0.223. The van der Waals surface area contributed by atoms with Gasteiger partial charge in [-0.05, 0) is 74.1 Å². The molecule has 0 radical (unpaired) electrons. The van der Waals surface area contributed by atoms with E-state index in [-0.39, 0.29) is 17.7 Å². The first-order chi connectivity index (χ1) is 13.7. The van der Waals surface area contributed by atoms with Crippen LogP contribution in [0.1, 0.15) is 48.0 Å². The lowest BCUT2D eigenvalue weighted by atomic mass is 10.1. The number of nitrogens with one attached hydrogen (secondary N) is 2. The zero-order valence-corrected chi connectivity index (χ0v) is 16.1. The average molecular weight is 377 g/mol. The van der Waals surface area contributed by atoms with Gasteiger partial charge in [0.25, 0.3) is 5.91 Å². The van der Waals surface area contributed by atoms with Crippen molar-refractivity contribution < 1.29 is 9.59 Å². The first-order valence-electron chi connectivity index (χ1n) is 10.2. The molecule has 2 fully saturated rings. The molecule has 2 aliphatic rings. The van der Waals surface area contributed by atoms with Crippen LogP contribution in [0.15, 0.2) is 48.5 Å². The number of hydrogen-bond donors (Lipinski definition) is 2. The van der Waals surface area contributed by atoms with E-state index in [9.17, 15) is 9.59 Å². The van der Waals surface area contributed by atoms with Crippen molar-refractivity contribution in [3.8, 4) is 0 Å². The number of piperidine rings is 1. The van der Waals surface area contributed by atoms with E-state index in [1.165, 1.54) is 24.9 Å². The third-order valence-corrected chi connectivity index (χ3v) is 5.48. The molecule has 0 unspecified atom stereocenters. The summed E-state index contributed by atoms with van der Waals surface area (Å²) >= 11 is 0. The van der Waals surface area contributed by atoms with Crippen LogP contribution in [0, 0.1) is 5.92 Å². The minimum absolute atomic E-state index is 0.126. The summed E-state index contributed by atoms with van der Waals surface area (Å²) in [6.07, 6.45) is 5.82. The Morgan fingerprint density at radius 3 is 2.21 bits per heavy atom. The van der Waals surface area contributed by atoms with Crippen LogP contribution in [-0.4, -0.2) is 24.9 Å². The first kappa shape index (κ1) is 18.5. The smallest absolute Gasteiger partial charge is 0.255 e. The molecule has 0 aromatic heterocycles. The molecule has 1 aliphatic carbocycles. The number of anilines is 2. The number of benzene rings is 2. The molecule has 2 N–H and O–H groups in total. The molecule has 28 heavy (non-hydrogen) atoms. The SMILES string of the molecule is O=C(Nc1ccc(N2CCCCC2)cc1)c1ccc(CNC(=O)C2CC2)cc1. The zero-order chi connectivity index (χ0) is 19.3. The van der Waals surface area contributed by atoms with Crippen molar-refractivity contribution in [1.82, 2.24) is 5.32 Å². The second kappa shape index (κ2) is 8.46. The summed E-state index contributed by atoms with van der Waals surface area (Å²) in [4.78, 5) is 26.6. The van der Waals surface area contributed by atoms with Gasteiger partial charge in [-0.15, -0.1) is 0 Å². The summed E-state index contributed by atoms with van der Waals surface area (Å²) in [5, 5.41) is 5.89. The van der Waals surface area contributed by atoms with Crippen molar-refractivity contribution in [3.63, 3.8) is 0 Å². The van der Waals surface area contributed by atoms with Crippen molar-refractivity contribution in [2.24, 2.45) is 5.92 Å². The van der Waals surface area contributed by atoms with Gasteiger partial charge in [-0.3, -0.25) is 9.59 Å². The Bertz CT molecular complexity index is 820. The van der Waals surface area contributed by atoms with Crippen molar-refractivity contribution in [3.05, 3.63) is 59.7 Å². The topological polar surface area (TPSA) is 61.4 Å². The van der Waals surface area contributed by atoms with Gasteiger partial charge in [-0.1, -0.05) is 12.1 Å². The predicted molar refractivity (Wildman–Crippen MR) is 111 cm³/mol. The number of carbonyl (C=O) groups excluding carboxylic acids is 2. The molecule has 0 spiro atoms. The van der Waals surface area contributed by atoms with E-state index < -0.39 is 0 Å². The number of nitrogens with zero attached hydrogens (tertiary/aromatic N) is 1. The molecule has 2 amide bonds. The van der Waals surface area contributed by atoms with Gasteiger partial charge in [-0.2, -0.15) is 0 Å². The van der Waals surface area contributed by atoms with Crippen molar-refractivity contribution in [1.29, 1.82) is 0 Å². The summed E-state index contributed by atoms with van der Waals surface area (Å²) in [6, 6.07) is 15.5. The number of carbonyl (C=O) groups is 2. The Morgan fingerprint density at radius 2 is 1.57 bits per heavy atom. The van der Waals surface area contributed by atoms with Gasteiger partial charge < -0.3 is 15.5 Å². The summed E-state index contributed by atoms with van der Waals surface area (Å²) in [7, 11) is 0. The molecule has 1 saturated heterocycles. The zero-order valence-electron chi connectivity index (χ0n) is 16.1. The molecule has 4 rings (SSSR count). The maximum atomic E-state index is 12.5. The van der Waals surface area contributed by atoms with Gasteiger partial charge in [0.05, 0.1) is 0 Å². The fraction of sp³-hybridized carbons (Fsp3) is 0.391. The molecule has 5 nitrogen and oxygen atoms in total. The van der Waals surface area contributed by atoms with E-state index in [1.807, 2.05) is 24.3 Å². The highest BCUT2D eigenvalue weighted by Gasteiger charge is 2.29. The number of hydrogen-bond acceptors (Lipinski definition) is 3. The highest BCUT2D eigenvalue weighted by atomic mass is 16.2. The Morgan fingerprint density at radius 1 is 0.893 bits per heavy atom. The normalized spacial score (nSPS) is 16.5. The Labute approximate surface area is 166 Å². The quantitative estimate of drug-likeness (QED) is 0.801. The van der Waals surface area contributed by atoms with Crippen LogP contribution >= 0.6 is 0 Å².